The first-order chi connectivity index (χ1) is 32.2. The van der Waals surface area contributed by atoms with Crippen molar-refractivity contribution < 1.29 is 23.0 Å². The van der Waals surface area contributed by atoms with Gasteiger partial charge in [0.25, 0.3) is 0 Å². The molecule has 0 amide bonds. The number of ketones is 1. The normalized spacial score (nSPS) is 16.0. The quantitative estimate of drug-likeness (QED) is 0.127. The third-order valence-electron chi connectivity index (χ3n) is 12.4. The monoisotopic (exact) mass is 936 g/mol. The minimum atomic E-state index is -0.758. The first-order valence-corrected chi connectivity index (χ1v) is 22.1. The molecule has 21 heteroatoms. The van der Waals surface area contributed by atoms with Crippen molar-refractivity contribution >= 4 is 62.4 Å². The van der Waals surface area contributed by atoms with E-state index >= 15 is 13.6 Å². The number of pyridine rings is 2. The maximum Gasteiger partial charge on any atom is 0.170 e. The highest BCUT2D eigenvalue weighted by Gasteiger charge is 2.40. The molecule has 2 aromatic carbocycles. The summed E-state index contributed by atoms with van der Waals surface area (Å²) in [5, 5.41) is 12.0. The van der Waals surface area contributed by atoms with Gasteiger partial charge in [0.2, 0.25) is 0 Å². The number of Topliss-reactive ketones (excluding diaryl/α,β-unsaturated/α-hetero) is 1. The fourth-order valence-corrected chi connectivity index (χ4v) is 9.57. The number of hydrogen-bond donors (Lipinski definition) is 2. The van der Waals surface area contributed by atoms with Crippen molar-refractivity contribution in [3.05, 3.63) is 107 Å². The molecule has 0 saturated carbocycles. The lowest BCUT2D eigenvalue weighted by Crippen LogP contribution is -2.61. The molecular weight excluding hydrogens is 893 g/mol. The number of imidazole rings is 2. The van der Waals surface area contributed by atoms with Crippen LogP contribution in [0, 0.1) is 11.6 Å². The summed E-state index contributed by atoms with van der Waals surface area (Å²) in [5.74, 6) is 0.849. The van der Waals surface area contributed by atoms with Crippen LogP contribution in [0.25, 0.3) is 45.1 Å². The van der Waals surface area contributed by atoms with E-state index in [0.717, 1.165) is 10.8 Å². The van der Waals surface area contributed by atoms with Crippen molar-refractivity contribution in [3.63, 3.8) is 0 Å². The molecule has 2 atom stereocenters. The predicted octanol–water partition coefficient (Wildman–Crippen LogP) is 6.21. The Morgan fingerprint density at radius 3 is 1.44 bits per heavy atom. The lowest BCUT2D eigenvalue weighted by atomic mass is 9.99. The van der Waals surface area contributed by atoms with E-state index in [1.165, 1.54) is 26.4 Å². The smallest absolute Gasteiger partial charge is 0.170 e. The summed E-state index contributed by atoms with van der Waals surface area (Å²) in [6.45, 7) is 3.52. The highest BCUT2D eigenvalue weighted by atomic mass is 35.5. The number of aromatic amines is 2. The van der Waals surface area contributed by atoms with Gasteiger partial charge in [-0.1, -0.05) is 23.2 Å². The van der Waals surface area contributed by atoms with E-state index in [-0.39, 0.29) is 28.9 Å². The second kappa shape index (κ2) is 18.3. The SMILES string of the molecule is COc1cc(N2CCN(C(Cn3nc(-c4ncc[nH]4)c4cccnc43)C(=O)C(Cn3nc(-c4ncc[nH]4)c4cccnc43)N3CCN(c4cc(OC)c(Cl)cc4F)CC3)CC2)c(F)cc1Cl. The van der Waals surface area contributed by atoms with Crippen LogP contribution in [0.15, 0.2) is 85.7 Å². The van der Waals surface area contributed by atoms with Crippen molar-refractivity contribution in [2.45, 2.75) is 25.2 Å². The third kappa shape index (κ3) is 8.16. The van der Waals surface area contributed by atoms with Gasteiger partial charge in [0, 0.05) is 102 Å². The van der Waals surface area contributed by atoms with Crippen LogP contribution in [0.3, 0.4) is 0 Å². The molecule has 0 spiro atoms. The maximum absolute atomic E-state index is 16.0. The molecule has 17 nitrogen and oxygen atoms in total. The highest BCUT2D eigenvalue weighted by Crippen LogP contribution is 2.35. The summed E-state index contributed by atoms with van der Waals surface area (Å²) >= 11 is 12.5. The van der Waals surface area contributed by atoms with E-state index in [1.807, 2.05) is 34.1 Å². The van der Waals surface area contributed by atoms with E-state index in [4.69, 9.17) is 52.8 Å². The number of carbonyl (C=O) groups excluding carboxylic acids is 1. The van der Waals surface area contributed by atoms with Gasteiger partial charge in [0.15, 0.2) is 28.7 Å². The Morgan fingerprint density at radius 1 is 0.636 bits per heavy atom. The molecule has 0 aliphatic carbocycles. The Balaban J connectivity index is 1.03. The molecule has 0 bridgehead atoms. The summed E-state index contributed by atoms with van der Waals surface area (Å²) in [6.07, 6.45) is 10.2. The lowest BCUT2D eigenvalue weighted by molar-refractivity contribution is -0.131. The molecule has 340 valence electrons. The van der Waals surface area contributed by atoms with Gasteiger partial charge in [-0.3, -0.25) is 14.6 Å². The Morgan fingerprint density at radius 2 is 1.06 bits per heavy atom. The number of rotatable bonds is 14. The fraction of sp³-hybridized carbons (Fsp3) is 0.311. The molecule has 2 fully saturated rings. The van der Waals surface area contributed by atoms with Crippen molar-refractivity contribution in [1.82, 2.24) is 59.3 Å². The van der Waals surface area contributed by atoms with Gasteiger partial charge < -0.3 is 29.2 Å². The summed E-state index contributed by atoms with van der Waals surface area (Å²) in [6, 6.07) is 11.8. The average molecular weight is 938 g/mol. The van der Waals surface area contributed by atoms with Crippen LogP contribution in [-0.4, -0.2) is 144 Å². The van der Waals surface area contributed by atoms with Gasteiger partial charge in [-0.25, -0.2) is 38.1 Å². The Labute approximate surface area is 386 Å². The first-order valence-electron chi connectivity index (χ1n) is 21.4. The lowest BCUT2D eigenvalue weighted by Gasteiger charge is -2.43. The van der Waals surface area contributed by atoms with Gasteiger partial charge in [0.1, 0.15) is 34.5 Å². The Bertz CT molecular complexity index is 2800. The minimum Gasteiger partial charge on any atom is -0.495 e. The van der Waals surface area contributed by atoms with Crippen molar-refractivity contribution in [3.8, 4) is 34.5 Å². The number of aromatic nitrogens is 10. The fourth-order valence-electron chi connectivity index (χ4n) is 9.12. The average Bonchev–Trinajstić information content (AvgIpc) is 4.18. The molecule has 0 radical (unpaired) electrons. The zero-order valence-electron chi connectivity index (χ0n) is 35.9. The largest absolute Gasteiger partial charge is 0.495 e. The predicted molar refractivity (Wildman–Crippen MR) is 246 cm³/mol. The molecule has 6 aromatic heterocycles. The number of carbonyl (C=O) groups is 1. The summed E-state index contributed by atoms with van der Waals surface area (Å²) in [4.78, 5) is 48.9. The van der Waals surface area contributed by atoms with Crippen LogP contribution >= 0.6 is 23.2 Å². The van der Waals surface area contributed by atoms with E-state index in [9.17, 15) is 0 Å². The highest BCUT2D eigenvalue weighted by molar-refractivity contribution is 6.32. The topological polar surface area (TPSA) is 167 Å². The Kier molecular flexibility index (Phi) is 12.0. The number of methoxy groups -OCH3 is 2. The van der Waals surface area contributed by atoms with Crippen LogP contribution in [0.4, 0.5) is 20.2 Å². The zero-order chi connectivity index (χ0) is 45.5. The molecule has 2 aliphatic heterocycles. The summed E-state index contributed by atoms with van der Waals surface area (Å²) in [7, 11) is 2.98. The second-order valence-corrected chi connectivity index (χ2v) is 16.9. The first kappa shape index (κ1) is 43.2. The zero-order valence-corrected chi connectivity index (χ0v) is 37.4. The van der Waals surface area contributed by atoms with Crippen molar-refractivity contribution in [2.75, 3.05) is 76.4 Å². The number of anilines is 2. The van der Waals surface area contributed by atoms with Gasteiger partial charge >= 0.3 is 0 Å². The number of nitrogens with zero attached hydrogens (tertiary/aromatic N) is 12. The van der Waals surface area contributed by atoms with E-state index in [2.05, 4.69) is 29.7 Å². The third-order valence-corrected chi connectivity index (χ3v) is 13.0. The van der Waals surface area contributed by atoms with Gasteiger partial charge in [-0.15, -0.1) is 0 Å². The molecule has 2 N–H and O–H groups in total. The molecule has 10 rings (SSSR count). The molecule has 8 heterocycles. The number of halogens is 4. The van der Waals surface area contributed by atoms with E-state index in [0.29, 0.717) is 110 Å². The standard InChI is InChI=1S/C45H44Cl2F2N14O3/c1-65-37-23-33(31(48)21-29(37)46)58-13-17-60(18-14-58)35(25-62-44-27(5-3-7-54-44)39(56-62)42-50-9-10-51-42)41(64)36(26-63-45-28(6-4-8-55-45)40(57-63)43-52-11-12-53-43)61-19-15-59(16-20-61)34-24-38(66-2)30(47)22-32(34)49/h3-12,21-24,35-36H,13-20,25-26H2,1-2H3,(H,50,51)(H,52,53). The van der Waals surface area contributed by atoms with Gasteiger partial charge in [0.05, 0.1) is 71.6 Å². The van der Waals surface area contributed by atoms with Crippen LogP contribution < -0.4 is 19.3 Å². The summed E-state index contributed by atoms with van der Waals surface area (Å²) in [5.41, 5.74) is 3.10. The number of ether oxygens (including phenoxy) is 2. The number of H-pyrrole nitrogens is 2. The number of piperazine rings is 2. The Hall–Kier alpha value is -6.67. The van der Waals surface area contributed by atoms with E-state index in [1.54, 1.807) is 58.7 Å². The number of nitrogens with one attached hydrogen (secondary N) is 2. The van der Waals surface area contributed by atoms with Crippen molar-refractivity contribution in [2.24, 2.45) is 0 Å². The number of hydrogen-bond acceptors (Lipinski definition) is 13. The van der Waals surface area contributed by atoms with E-state index < -0.39 is 23.7 Å². The van der Waals surface area contributed by atoms with Crippen LogP contribution in [0.5, 0.6) is 11.5 Å². The van der Waals surface area contributed by atoms with Gasteiger partial charge in [-0.05, 0) is 36.4 Å². The maximum atomic E-state index is 16.0. The summed E-state index contributed by atoms with van der Waals surface area (Å²) < 4.78 is 45.4. The van der Waals surface area contributed by atoms with Crippen LogP contribution in [-0.2, 0) is 17.9 Å². The molecule has 66 heavy (non-hydrogen) atoms. The van der Waals surface area contributed by atoms with Crippen molar-refractivity contribution in [1.29, 1.82) is 0 Å². The number of fused-ring (bicyclic) bond motifs is 2. The molecule has 2 unspecified atom stereocenters. The minimum absolute atomic E-state index is 0.0890. The molecule has 2 aliphatic rings. The number of benzene rings is 2. The molecule has 8 aromatic rings. The molecular formula is C45H44Cl2F2N14O3. The van der Waals surface area contributed by atoms with Crippen LogP contribution in [0.2, 0.25) is 10.0 Å². The molecule has 2 saturated heterocycles. The second-order valence-electron chi connectivity index (χ2n) is 16.0. The van der Waals surface area contributed by atoms with Gasteiger partial charge in [-0.2, -0.15) is 10.2 Å². The van der Waals surface area contributed by atoms with Crippen LogP contribution in [0.1, 0.15) is 0 Å².